The van der Waals surface area contributed by atoms with Crippen LogP contribution in [-0.4, -0.2) is 37.6 Å². The molecule has 0 aliphatic carbocycles. The lowest BCUT2D eigenvalue weighted by Gasteiger charge is -2.36. The quantitative estimate of drug-likeness (QED) is 0.668. The Labute approximate surface area is 127 Å². The van der Waals surface area contributed by atoms with Gasteiger partial charge in [0.1, 0.15) is 0 Å². The van der Waals surface area contributed by atoms with Gasteiger partial charge in [0.2, 0.25) is 0 Å². The second kappa shape index (κ2) is 8.38. The molecule has 0 aromatic heterocycles. The predicted octanol–water partition coefficient (Wildman–Crippen LogP) is 4.30. The monoisotopic (exact) mass is 282 g/mol. The van der Waals surface area contributed by atoms with Crippen LogP contribution >= 0.6 is 0 Å². The lowest BCUT2D eigenvalue weighted by molar-refractivity contribution is 0.149. The summed E-state index contributed by atoms with van der Waals surface area (Å²) in [5.74, 6) is 0. The normalized spacial score (nSPS) is 23.2. The summed E-state index contributed by atoms with van der Waals surface area (Å²) in [6, 6.07) is 0. The summed E-state index contributed by atoms with van der Waals surface area (Å²) in [5.41, 5.74) is 0.995. The molecule has 1 heterocycles. The van der Waals surface area contributed by atoms with Gasteiger partial charge in [-0.2, -0.15) is 0 Å². The second-order valence-corrected chi connectivity index (χ2v) is 8.03. The van der Waals surface area contributed by atoms with Crippen LogP contribution in [0.2, 0.25) is 0 Å². The number of hydrogen-bond donors (Lipinski definition) is 1. The van der Waals surface area contributed by atoms with Crippen molar-refractivity contribution in [1.82, 2.24) is 10.2 Å². The molecule has 0 amide bonds. The average molecular weight is 283 g/mol. The number of hydrogen-bond acceptors (Lipinski definition) is 2. The van der Waals surface area contributed by atoms with Crippen molar-refractivity contribution in [3.05, 3.63) is 0 Å². The Bertz CT molecular complexity index is 262. The number of nitrogens with one attached hydrogen (secondary N) is 1. The van der Waals surface area contributed by atoms with Crippen molar-refractivity contribution in [2.24, 2.45) is 10.8 Å². The van der Waals surface area contributed by atoms with Crippen LogP contribution in [-0.2, 0) is 0 Å². The maximum absolute atomic E-state index is 3.66. The van der Waals surface area contributed by atoms with Crippen molar-refractivity contribution in [3.8, 4) is 0 Å². The topological polar surface area (TPSA) is 15.3 Å². The average Bonchev–Trinajstić information content (AvgIpc) is 2.51. The van der Waals surface area contributed by atoms with E-state index in [0.717, 1.165) is 6.54 Å². The molecule has 0 spiro atoms. The molecule has 1 rings (SSSR count). The Hall–Kier alpha value is -0.0800. The van der Waals surface area contributed by atoms with Gasteiger partial charge in [0.05, 0.1) is 0 Å². The molecule has 2 heteroatoms. The minimum atomic E-state index is 0.443. The third-order valence-corrected chi connectivity index (χ3v) is 4.87. The largest absolute Gasteiger partial charge is 0.316 e. The van der Waals surface area contributed by atoms with E-state index in [0.29, 0.717) is 10.8 Å². The van der Waals surface area contributed by atoms with Gasteiger partial charge in [0.15, 0.2) is 0 Å². The predicted molar refractivity (Wildman–Crippen MR) is 90.2 cm³/mol. The molecule has 20 heavy (non-hydrogen) atoms. The van der Waals surface area contributed by atoms with Gasteiger partial charge in [0.25, 0.3) is 0 Å². The highest BCUT2D eigenvalue weighted by Gasteiger charge is 2.29. The first kappa shape index (κ1) is 18.0. The molecule has 1 atom stereocenters. The van der Waals surface area contributed by atoms with Crippen molar-refractivity contribution in [3.63, 3.8) is 0 Å². The summed E-state index contributed by atoms with van der Waals surface area (Å²) in [6.07, 6.45) is 7.99. The van der Waals surface area contributed by atoms with Gasteiger partial charge in [0, 0.05) is 13.1 Å². The Kier molecular flexibility index (Phi) is 7.53. The number of rotatable bonds is 8. The Morgan fingerprint density at radius 2 is 1.85 bits per heavy atom. The maximum Gasteiger partial charge on any atom is 0.00475 e. The second-order valence-electron chi connectivity index (χ2n) is 8.03. The van der Waals surface area contributed by atoms with Crippen LogP contribution in [0.4, 0.5) is 0 Å². The van der Waals surface area contributed by atoms with Gasteiger partial charge in [-0.25, -0.2) is 0 Å². The van der Waals surface area contributed by atoms with E-state index >= 15 is 0 Å². The molecule has 120 valence electrons. The lowest BCUT2D eigenvalue weighted by atomic mass is 9.84. The molecule has 1 saturated heterocycles. The van der Waals surface area contributed by atoms with E-state index in [1.54, 1.807) is 0 Å². The fraction of sp³-hybridized carbons (Fsp3) is 1.00. The molecular formula is C18H38N2. The highest BCUT2D eigenvalue weighted by molar-refractivity contribution is 4.83. The molecule has 2 nitrogen and oxygen atoms in total. The first-order valence-electron chi connectivity index (χ1n) is 8.84. The minimum Gasteiger partial charge on any atom is -0.316 e. The summed E-state index contributed by atoms with van der Waals surface area (Å²) in [7, 11) is 0. The van der Waals surface area contributed by atoms with Crippen LogP contribution in [0, 0.1) is 10.8 Å². The van der Waals surface area contributed by atoms with Crippen molar-refractivity contribution >= 4 is 0 Å². The summed E-state index contributed by atoms with van der Waals surface area (Å²) < 4.78 is 0. The van der Waals surface area contributed by atoms with Crippen molar-refractivity contribution in [1.29, 1.82) is 0 Å². The summed E-state index contributed by atoms with van der Waals surface area (Å²) in [6.45, 7) is 18.1. The van der Waals surface area contributed by atoms with E-state index in [2.05, 4.69) is 44.8 Å². The molecule has 1 fully saturated rings. The number of likely N-dealkylation sites (tertiary alicyclic amines) is 1. The smallest absolute Gasteiger partial charge is 0.00475 e. The van der Waals surface area contributed by atoms with Crippen LogP contribution < -0.4 is 5.32 Å². The Balaban J connectivity index is 2.51. The highest BCUT2D eigenvalue weighted by atomic mass is 15.1. The van der Waals surface area contributed by atoms with Crippen molar-refractivity contribution < 1.29 is 0 Å². The van der Waals surface area contributed by atoms with E-state index < -0.39 is 0 Å². The highest BCUT2D eigenvalue weighted by Crippen LogP contribution is 2.32. The van der Waals surface area contributed by atoms with Gasteiger partial charge >= 0.3 is 0 Å². The Morgan fingerprint density at radius 1 is 1.10 bits per heavy atom. The van der Waals surface area contributed by atoms with Crippen LogP contribution in [0.25, 0.3) is 0 Å². The van der Waals surface area contributed by atoms with Gasteiger partial charge < -0.3 is 10.2 Å². The van der Waals surface area contributed by atoms with Crippen molar-refractivity contribution in [2.45, 2.75) is 73.1 Å². The fourth-order valence-corrected chi connectivity index (χ4v) is 3.57. The molecule has 0 radical (unpaired) electrons. The van der Waals surface area contributed by atoms with E-state index in [1.165, 1.54) is 64.7 Å². The van der Waals surface area contributed by atoms with Gasteiger partial charge in [-0.15, -0.1) is 0 Å². The standard InChI is InChI=1S/C18H38N2/c1-6-9-18(5,15-19-12-7-2)16-20-13-8-10-17(3,4)11-14-20/h19H,6-16H2,1-5H3. The molecule has 0 aromatic carbocycles. The first-order chi connectivity index (χ1) is 9.41. The molecule has 0 aromatic rings. The third-order valence-electron chi connectivity index (χ3n) is 4.87. The van der Waals surface area contributed by atoms with Crippen LogP contribution in [0.3, 0.4) is 0 Å². The number of nitrogens with zero attached hydrogens (tertiary/aromatic N) is 1. The van der Waals surface area contributed by atoms with E-state index in [4.69, 9.17) is 0 Å². The third kappa shape index (κ3) is 6.58. The van der Waals surface area contributed by atoms with Crippen molar-refractivity contribution in [2.75, 3.05) is 32.7 Å². The molecule has 0 bridgehead atoms. The van der Waals surface area contributed by atoms with Gasteiger partial charge in [-0.3, -0.25) is 0 Å². The minimum absolute atomic E-state index is 0.443. The zero-order valence-corrected chi connectivity index (χ0v) is 14.7. The van der Waals surface area contributed by atoms with Crippen LogP contribution in [0.5, 0.6) is 0 Å². The van der Waals surface area contributed by atoms with E-state index in [-0.39, 0.29) is 0 Å². The Morgan fingerprint density at radius 3 is 2.50 bits per heavy atom. The molecule has 0 saturated carbocycles. The zero-order chi connectivity index (χ0) is 15.1. The van der Waals surface area contributed by atoms with Crippen LogP contribution in [0.15, 0.2) is 0 Å². The SMILES string of the molecule is CCCNCC(C)(CCC)CN1CCCC(C)(C)CC1. The summed E-state index contributed by atoms with van der Waals surface area (Å²) >= 11 is 0. The molecule has 1 N–H and O–H groups in total. The molecular weight excluding hydrogens is 244 g/mol. The van der Waals surface area contributed by atoms with Gasteiger partial charge in [-0.1, -0.05) is 41.0 Å². The summed E-state index contributed by atoms with van der Waals surface area (Å²) in [4.78, 5) is 2.73. The first-order valence-corrected chi connectivity index (χ1v) is 8.84. The zero-order valence-electron chi connectivity index (χ0n) is 14.7. The molecule has 1 aliphatic rings. The van der Waals surface area contributed by atoms with Gasteiger partial charge in [-0.05, 0) is 62.6 Å². The molecule has 1 aliphatic heterocycles. The fourth-order valence-electron chi connectivity index (χ4n) is 3.57. The molecule has 1 unspecified atom stereocenters. The summed E-state index contributed by atoms with van der Waals surface area (Å²) in [5, 5.41) is 3.66. The van der Waals surface area contributed by atoms with E-state index in [1.807, 2.05) is 0 Å². The van der Waals surface area contributed by atoms with E-state index in [9.17, 15) is 0 Å². The van der Waals surface area contributed by atoms with Crippen LogP contribution in [0.1, 0.15) is 73.1 Å². The lowest BCUT2D eigenvalue weighted by Crippen LogP contribution is -2.43. The maximum atomic E-state index is 3.66.